The number of hydrogen-bond donors (Lipinski definition) is 1. The molecule has 0 radical (unpaired) electrons. The summed E-state index contributed by atoms with van der Waals surface area (Å²) in [6.45, 7) is 0. The molecule has 1 amide bonds. The van der Waals surface area contributed by atoms with Crippen molar-refractivity contribution in [3.05, 3.63) is 59.1 Å². The van der Waals surface area contributed by atoms with Gasteiger partial charge in [0.1, 0.15) is 11.5 Å². The van der Waals surface area contributed by atoms with E-state index in [1.54, 1.807) is 56.7 Å². The summed E-state index contributed by atoms with van der Waals surface area (Å²) in [5.74, 6) is 1.04. The van der Waals surface area contributed by atoms with Crippen molar-refractivity contribution in [1.82, 2.24) is 0 Å². The summed E-state index contributed by atoms with van der Waals surface area (Å²) in [6.07, 6.45) is 3.10. The normalized spacial score (nSPS) is 10.5. The van der Waals surface area contributed by atoms with Gasteiger partial charge in [-0.05, 0) is 30.3 Å². The Kier molecular flexibility index (Phi) is 5.44. The van der Waals surface area contributed by atoms with E-state index in [1.807, 2.05) is 6.07 Å². The first-order valence-electron chi connectivity index (χ1n) is 6.59. The number of carbonyl (C=O) groups is 1. The second-order valence-corrected chi connectivity index (χ2v) is 4.82. The molecule has 0 aromatic heterocycles. The standard InChI is InChI=1S/C17H16ClNO3/c1-21-13-9-7-12(16(11-13)22-2)8-10-17(20)19-15-6-4-3-5-14(15)18/h3-11H,1-2H3,(H,19,20)/b10-8+. The van der Waals surface area contributed by atoms with E-state index in [2.05, 4.69) is 5.32 Å². The molecule has 5 heteroatoms. The molecule has 0 aliphatic rings. The molecule has 0 fully saturated rings. The highest BCUT2D eigenvalue weighted by atomic mass is 35.5. The van der Waals surface area contributed by atoms with Gasteiger partial charge in [-0.15, -0.1) is 0 Å². The second kappa shape index (κ2) is 7.52. The van der Waals surface area contributed by atoms with Crippen molar-refractivity contribution in [2.24, 2.45) is 0 Å². The number of ether oxygens (including phenoxy) is 2. The van der Waals surface area contributed by atoms with E-state index < -0.39 is 0 Å². The van der Waals surface area contributed by atoms with Crippen LogP contribution in [0.5, 0.6) is 11.5 Å². The van der Waals surface area contributed by atoms with Crippen LogP contribution in [-0.4, -0.2) is 20.1 Å². The molecule has 0 aliphatic heterocycles. The van der Waals surface area contributed by atoms with Gasteiger partial charge < -0.3 is 14.8 Å². The zero-order valence-corrected chi connectivity index (χ0v) is 13.1. The third-order valence-corrected chi connectivity index (χ3v) is 3.32. The van der Waals surface area contributed by atoms with Crippen molar-refractivity contribution in [3.63, 3.8) is 0 Å². The van der Waals surface area contributed by atoms with Crippen LogP contribution in [0.4, 0.5) is 5.69 Å². The van der Waals surface area contributed by atoms with Crippen LogP contribution < -0.4 is 14.8 Å². The van der Waals surface area contributed by atoms with Gasteiger partial charge in [-0.1, -0.05) is 23.7 Å². The van der Waals surface area contributed by atoms with Gasteiger partial charge in [0.25, 0.3) is 0 Å². The van der Waals surface area contributed by atoms with Gasteiger partial charge >= 0.3 is 0 Å². The van der Waals surface area contributed by atoms with E-state index in [4.69, 9.17) is 21.1 Å². The van der Waals surface area contributed by atoms with Crippen molar-refractivity contribution >= 4 is 29.3 Å². The first-order chi connectivity index (χ1) is 10.6. The first-order valence-corrected chi connectivity index (χ1v) is 6.97. The van der Waals surface area contributed by atoms with Gasteiger partial charge in [-0.3, -0.25) is 4.79 Å². The number of rotatable bonds is 5. The summed E-state index contributed by atoms with van der Waals surface area (Å²) in [6, 6.07) is 12.4. The minimum absolute atomic E-state index is 0.272. The third kappa shape index (κ3) is 4.02. The molecule has 0 spiro atoms. The van der Waals surface area contributed by atoms with Gasteiger partial charge in [-0.2, -0.15) is 0 Å². The average molecular weight is 318 g/mol. The second-order valence-electron chi connectivity index (χ2n) is 4.41. The highest BCUT2D eigenvalue weighted by molar-refractivity contribution is 6.33. The number of amides is 1. The highest BCUT2D eigenvalue weighted by Crippen LogP contribution is 2.25. The summed E-state index contributed by atoms with van der Waals surface area (Å²) in [4.78, 5) is 11.9. The van der Waals surface area contributed by atoms with Crippen molar-refractivity contribution in [3.8, 4) is 11.5 Å². The molecule has 0 saturated carbocycles. The molecule has 0 unspecified atom stereocenters. The van der Waals surface area contributed by atoms with E-state index in [0.717, 1.165) is 5.56 Å². The Hall–Kier alpha value is -2.46. The number of benzene rings is 2. The quantitative estimate of drug-likeness (QED) is 0.848. The van der Waals surface area contributed by atoms with Crippen LogP contribution in [0, 0.1) is 0 Å². The largest absolute Gasteiger partial charge is 0.497 e. The molecule has 0 bridgehead atoms. The number of methoxy groups -OCH3 is 2. The zero-order chi connectivity index (χ0) is 15.9. The van der Waals surface area contributed by atoms with Crippen LogP contribution in [0.15, 0.2) is 48.5 Å². The average Bonchev–Trinajstić information content (AvgIpc) is 2.55. The van der Waals surface area contributed by atoms with Crippen LogP contribution in [0.3, 0.4) is 0 Å². The van der Waals surface area contributed by atoms with Crippen molar-refractivity contribution in [2.75, 3.05) is 19.5 Å². The Morgan fingerprint density at radius 1 is 1.14 bits per heavy atom. The van der Waals surface area contributed by atoms with E-state index in [1.165, 1.54) is 6.08 Å². The molecule has 2 rings (SSSR count). The van der Waals surface area contributed by atoms with Gasteiger partial charge in [0, 0.05) is 17.7 Å². The van der Waals surface area contributed by atoms with Crippen molar-refractivity contribution < 1.29 is 14.3 Å². The molecule has 2 aromatic rings. The molecule has 1 N–H and O–H groups in total. The summed E-state index contributed by atoms with van der Waals surface area (Å²) < 4.78 is 10.4. The third-order valence-electron chi connectivity index (χ3n) is 2.99. The lowest BCUT2D eigenvalue weighted by atomic mass is 10.1. The van der Waals surface area contributed by atoms with Gasteiger partial charge in [0.05, 0.1) is 24.9 Å². The fraction of sp³-hybridized carbons (Fsp3) is 0.118. The highest BCUT2D eigenvalue weighted by Gasteiger charge is 2.04. The predicted octanol–water partition coefficient (Wildman–Crippen LogP) is 4.01. The van der Waals surface area contributed by atoms with Gasteiger partial charge in [0.2, 0.25) is 5.91 Å². The Bertz CT molecular complexity index is 698. The minimum Gasteiger partial charge on any atom is -0.497 e. The maximum atomic E-state index is 11.9. The lowest BCUT2D eigenvalue weighted by Gasteiger charge is -2.07. The Morgan fingerprint density at radius 2 is 1.91 bits per heavy atom. The van der Waals surface area contributed by atoms with Gasteiger partial charge in [0.15, 0.2) is 0 Å². The zero-order valence-electron chi connectivity index (χ0n) is 12.3. The number of para-hydroxylation sites is 1. The van der Waals surface area contributed by atoms with Crippen LogP contribution in [0.1, 0.15) is 5.56 Å². The lowest BCUT2D eigenvalue weighted by molar-refractivity contribution is -0.111. The number of hydrogen-bond acceptors (Lipinski definition) is 3. The van der Waals surface area contributed by atoms with E-state index >= 15 is 0 Å². The predicted molar refractivity (Wildman–Crippen MR) is 88.7 cm³/mol. The number of halogens is 1. The maximum Gasteiger partial charge on any atom is 0.248 e. The number of carbonyl (C=O) groups excluding carboxylic acids is 1. The summed E-state index contributed by atoms with van der Waals surface area (Å²) in [5.41, 5.74) is 1.35. The van der Waals surface area contributed by atoms with Crippen LogP contribution >= 0.6 is 11.6 Å². The minimum atomic E-state index is -0.272. The molecule has 22 heavy (non-hydrogen) atoms. The first kappa shape index (κ1) is 15.9. The fourth-order valence-electron chi connectivity index (χ4n) is 1.86. The number of nitrogens with one attached hydrogen (secondary N) is 1. The maximum absolute atomic E-state index is 11.9. The summed E-state index contributed by atoms with van der Waals surface area (Å²) in [5, 5.41) is 3.21. The fourth-order valence-corrected chi connectivity index (χ4v) is 2.04. The Balaban J connectivity index is 2.11. The molecular formula is C17H16ClNO3. The molecule has 2 aromatic carbocycles. The van der Waals surface area contributed by atoms with E-state index in [-0.39, 0.29) is 5.91 Å². The van der Waals surface area contributed by atoms with Crippen molar-refractivity contribution in [1.29, 1.82) is 0 Å². The lowest BCUT2D eigenvalue weighted by Crippen LogP contribution is -2.08. The SMILES string of the molecule is COc1ccc(/C=C/C(=O)Nc2ccccc2Cl)c(OC)c1. The Morgan fingerprint density at radius 3 is 2.59 bits per heavy atom. The molecular weight excluding hydrogens is 302 g/mol. The summed E-state index contributed by atoms with van der Waals surface area (Å²) in [7, 11) is 3.15. The smallest absolute Gasteiger partial charge is 0.248 e. The number of anilines is 1. The summed E-state index contributed by atoms with van der Waals surface area (Å²) >= 11 is 5.99. The molecule has 4 nitrogen and oxygen atoms in total. The van der Waals surface area contributed by atoms with Crippen LogP contribution in [0.2, 0.25) is 5.02 Å². The van der Waals surface area contributed by atoms with Crippen LogP contribution in [0.25, 0.3) is 6.08 Å². The van der Waals surface area contributed by atoms with E-state index in [0.29, 0.717) is 22.2 Å². The van der Waals surface area contributed by atoms with Gasteiger partial charge in [-0.25, -0.2) is 0 Å². The molecule has 0 aliphatic carbocycles. The molecule has 0 heterocycles. The van der Waals surface area contributed by atoms with E-state index in [9.17, 15) is 4.79 Å². The van der Waals surface area contributed by atoms with Crippen molar-refractivity contribution in [2.45, 2.75) is 0 Å². The molecule has 0 saturated heterocycles. The Labute approximate surface area is 134 Å². The monoisotopic (exact) mass is 317 g/mol. The molecule has 114 valence electrons. The van der Waals surface area contributed by atoms with Crippen LogP contribution in [-0.2, 0) is 4.79 Å². The topological polar surface area (TPSA) is 47.6 Å². The molecule has 0 atom stereocenters.